The van der Waals surface area contributed by atoms with Gasteiger partial charge in [0.05, 0.1) is 17.8 Å². The number of rotatable bonds is 5. The number of nitrogens with one attached hydrogen (secondary N) is 1. The minimum absolute atomic E-state index is 0.0289. The van der Waals surface area contributed by atoms with Crippen molar-refractivity contribution in [1.29, 1.82) is 0 Å². The molecule has 0 aliphatic carbocycles. The molecular weight excluding hydrogens is 290 g/mol. The van der Waals surface area contributed by atoms with E-state index in [4.69, 9.17) is 23.1 Å². The van der Waals surface area contributed by atoms with Gasteiger partial charge in [0, 0.05) is 6.54 Å². The molecule has 0 fully saturated rings. The van der Waals surface area contributed by atoms with Crippen molar-refractivity contribution in [2.75, 3.05) is 5.32 Å². The second-order valence-electron chi connectivity index (χ2n) is 4.37. The number of benzene rings is 1. The molecular formula is C15H14ClN3O2. The molecule has 0 spiro atoms. The number of anilines is 1. The van der Waals surface area contributed by atoms with Crippen molar-refractivity contribution in [3.63, 3.8) is 0 Å². The molecule has 2 rings (SSSR count). The molecule has 0 amide bonds. The van der Waals surface area contributed by atoms with Crippen LogP contribution >= 0.6 is 11.6 Å². The Morgan fingerprint density at radius 1 is 1.43 bits per heavy atom. The number of aliphatic hydroxyl groups excluding tert-OH is 1. The average molecular weight is 304 g/mol. The predicted molar refractivity (Wildman–Crippen MR) is 82.0 cm³/mol. The van der Waals surface area contributed by atoms with Gasteiger partial charge in [0.15, 0.2) is 0 Å². The van der Waals surface area contributed by atoms with Crippen LogP contribution in [0.4, 0.5) is 5.69 Å². The highest BCUT2D eigenvalue weighted by Gasteiger charge is 2.09. The lowest BCUT2D eigenvalue weighted by Gasteiger charge is -2.10. The summed E-state index contributed by atoms with van der Waals surface area (Å²) < 4.78 is 1.17. The molecule has 0 saturated heterocycles. The van der Waals surface area contributed by atoms with Gasteiger partial charge in [-0.15, -0.1) is 6.42 Å². The van der Waals surface area contributed by atoms with Crippen LogP contribution in [0.3, 0.4) is 0 Å². The first kappa shape index (κ1) is 15.1. The standard InChI is InChI=1S/C15H14ClN3O2/c1-2-6-19-15(21)14(13(16)9-18-19)17-8-11-4-3-5-12(7-11)10-20/h1,3-5,7,9,17,20H,6,8,10H2. The van der Waals surface area contributed by atoms with Crippen LogP contribution in [-0.4, -0.2) is 14.9 Å². The Morgan fingerprint density at radius 3 is 2.90 bits per heavy atom. The molecule has 0 aliphatic rings. The monoisotopic (exact) mass is 303 g/mol. The van der Waals surface area contributed by atoms with Crippen molar-refractivity contribution in [1.82, 2.24) is 9.78 Å². The Hall–Kier alpha value is -2.29. The molecule has 0 unspecified atom stereocenters. The van der Waals surface area contributed by atoms with E-state index in [-0.39, 0.29) is 29.4 Å². The largest absolute Gasteiger partial charge is 0.392 e. The average Bonchev–Trinajstić information content (AvgIpc) is 2.50. The summed E-state index contributed by atoms with van der Waals surface area (Å²) in [5.74, 6) is 2.36. The fourth-order valence-electron chi connectivity index (χ4n) is 1.86. The quantitative estimate of drug-likeness (QED) is 0.824. The van der Waals surface area contributed by atoms with Crippen molar-refractivity contribution in [2.45, 2.75) is 19.7 Å². The minimum atomic E-state index is -0.362. The van der Waals surface area contributed by atoms with Crippen molar-refractivity contribution >= 4 is 17.3 Å². The van der Waals surface area contributed by atoms with Crippen molar-refractivity contribution in [2.24, 2.45) is 0 Å². The minimum Gasteiger partial charge on any atom is -0.392 e. The molecule has 0 saturated carbocycles. The maximum Gasteiger partial charge on any atom is 0.292 e. The van der Waals surface area contributed by atoms with Crippen molar-refractivity contribution in [3.05, 3.63) is 57.0 Å². The van der Waals surface area contributed by atoms with Crippen LogP contribution in [0.1, 0.15) is 11.1 Å². The second-order valence-corrected chi connectivity index (χ2v) is 4.77. The third-order valence-corrected chi connectivity index (χ3v) is 3.17. The number of halogens is 1. The van der Waals surface area contributed by atoms with Crippen molar-refractivity contribution in [3.8, 4) is 12.3 Å². The lowest BCUT2D eigenvalue weighted by Crippen LogP contribution is -2.25. The summed E-state index contributed by atoms with van der Waals surface area (Å²) in [6.07, 6.45) is 6.57. The first-order chi connectivity index (χ1) is 10.2. The van der Waals surface area contributed by atoms with Crippen LogP contribution in [0.15, 0.2) is 35.3 Å². The van der Waals surface area contributed by atoms with E-state index in [1.165, 1.54) is 10.9 Å². The first-order valence-electron chi connectivity index (χ1n) is 6.27. The second kappa shape index (κ2) is 6.93. The SMILES string of the molecule is C#CCn1ncc(Cl)c(NCc2cccc(CO)c2)c1=O. The van der Waals surface area contributed by atoms with Gasteiger partial charge in [-0.25, -0.2) is 4.68 Å². The van der Waals surface area contributed by atoms with Crippen LogP contribution < -0.4 is 10.9 Å². The molecule has 2 aromatic rings. The van der Waals surface area contributed by atoms with Gasteiger partial charge in [0.1, 0.15) is 12.2 Å². The zero-order chi connectivity index (χ0) is 15.2. The van der Waals surface area contributed by atoms with Crippen LogP contribution in [-0.2, 0) is 19.7 Å². The summed E-state index contributed by atoms with van der Waals surface area (Å²) >= 11 is 6.00. The number of aromatic nitrogens is 2. The molecule has 1 aromatic heterocycles. The van der Waals surface area contributed by atoms with E-state index in [1.54, 1.807) is 0 Å². The highest BCUT2D eigenvalue weighted by molar-refractivity contribution is 6.32. The number of hydrogen-bond acceptors (Lipinski definition) is 4. The smallest absolute Gasteiger partial charge is 0.292 e. The Labute approximate surface area is 127 Å². The topological polar surface area (TPSA) is 67.2 Å². The van der Waals surface area contributed by atoms with Gasteiger partial charge in [-0.2, -0.15) is 5.10 Å². The normalized spacial score (nSPS) is 10.1. The fourth-order valence-corrected chi connectivity index (χ4v) is 2.05. The third-order valence-electron chi connectivity index (χ3n) is 2.88. The lowest BCUT2D eigenvalue weighted by molar-refractivity contribution is 0.281. The number of nitrogens with zero attached hydrogens (tertiary/aromatic N) is 2. The van der Waals surface area contributed by atoms with Gasteiger partial charge in [-0.3, -0.25) is 4.79 Å². The van der Waals surface area contributed by atoms with E-state index < -0.39 is 0 Å². The summed E-state index contributed by atoms with van der Waals surface area (Å²) in [6, 6.07) is 7.40. The molecule has 0 aliphatic heterocycles. The Kier molecular flexibility index (Phi) is 4.99. The van der Waals surface area contributed by atoms with E-state index in [2.05, 4.69) is 16.3 Å². The van der Waals surface area contributed by atoms with Crippen LogP contribution in [0.2, 0.25) is 5.02 Å². The highest BCUT2D eigenvalue weighted by Crippen LogP contribution is 2.16. The summed E-state index contributed by atoms with van der Waals surface area (Å²) in [5.41, 5.74) is 1.63. The van der Waals surface area contributed by atoms with Gasteiger partial charge < -0.3 is 10.4 Å². The molecule has 0 radical (unpaired) electrons. The molecule has 0 bridgehead atoms. The number of terminal acetylenes is 1. The van der Waals surface area contributed by atoms with Gasteiger partial charge >= 0.3 is 0 Å². The molecule has 1 aromatic carbocycles. The van der Waals surface area contributed by atoms with E-state index >= 15 is 0 Å². The fraction of sp³-hybridized carbons (Fsp3) is 0.200. The van der Waals surface area contributed by atoms with Gasteiger partial charge in [0.2, 0.25) is 0 Å². The van der Waals surface area contributed by atoms with Crippen LogP contribution in [0.5, 0.6) is 0 Å². The van der Waals surface area contributed by atoms with E-state index in [9.17, 15) is 4.79 Å². The highest BCUT2D eigenvalue weighted by atomic mass is 35.5. The van der Waals surface area contributed by atoms with Crippen LogP contribution in [0.25, 0.3) is 0 Å². The Bertz CT molecular complexity index is 734. The van der Waals surface area contributed by atoms with Gasteiger partial charge in [-0.1, -0.05) is 41.8 Å². The third kappa shape index (κ3) is 3.63. The first-order valence-corrected chi connectivity index (χ1v) is 6.65. The molecule has 0 atom stereocenters. The molecule has 108 valence electrons. The van der Waals surface area contributed by atoms with Gasteiger partial charge in [0.25, 0.3) is 5.56 Å². The zero-order valence-corrected chi connectivity index (χ0v) is 12.0. The zero-order valence-electron chi connectivity index (χ0n) is 11.2. The number of hydrogen-bond donors (Lipinski definition) is 2. The van der Waals surface area contributed by atoms with E-state index in [0.717, 1.165) is 11.1 Å². The van der Waals surface area contributed by atoms with Crippen molar-refractivity contribution < 1.29 is 5.11 Å². The Balaban J connectivity index is 2.21. The maximum absolute atomic E-state index is 12.1. The Morgan fingerprint density at radius 2 is 2.19 bits per heavy atom. The van der Waals surface area contributed by atoms with E-state index in [1.807, 2.05) is 24.3 Å². The lowest BCUT2D eigenvalue weighted by atomic mass is 10.1. The summed E-state index contributed by atoms with van der Waals surface area (Å²) in [4.78, 5) is 12.1. The van der Waals surface area contributed by atoms with Gasteiger partial charge in [-0.05, 0) is 11.1 Å². The summed E-state index contributed by atoms with van der Waals surface area (Å²) in [7, 11) is 0. The summed E-state index contributed by atoms with van der Waals surface area (Å²) in [5, 5.41) is 16.2. The molecule has 21 heavy (non-hydrogen) atoms. The molecule has 6 heteroatoms. The predicted octanol–water partition coefficient (Wildman–Crippen LogP) is 1.63. The molecule has 1 heterocycles. The van der Waals surface area contributed by atoms with E-state index in [0.29, 0.717) is 6.54 Å². The maximum atomic E-state index is 12.1. The van der Waals surface area contributed by atoms with Crippen LogP contribution in [0, 0.1) is 12.3 Å². The number of aliphatic hydroxyl groups is 1. The molecule has 5 nitrogen and oxygen atoms in total. The summed E-state index contributed by atoms with van der Waals surface area (Å²) in [6.45, 7) is 0.465. The molecule has 2 N–H and O–H groups in total.